The number of ether oxygens (including phenoxy) is 1. The Morgan fingerprint density at radius 2 is 1.97 bits per heavy atom. The van der Waals surface area contributed by atoms with E-state index in [0.717, 1.165) is 18.9 Å². The van der Waals surface area contributed by atoms with Crippen LogP contribution in [0.15, 0.2) is 28.7 Å². The molecule has 0 unspecified atom stereocenters. The Balaban J connectivity index is 1.71. The van der Waals surface area contributed by atoms with Gasteiger partial charge in [0.05, 0.1) is 19.3 Å². The normalized spacial score (nSPS) is 15.7. The van der Waals surface area contributed by atoms with Crippen LogP contribution >= 0.6 is 0 Å². The molecule has 3 aromatic rings. The minimum absolute atomic E-state index is 0.00869. The highest BCUT2D eigenvalue weighted by Crippen LogP contribution is 2.37. The zero-order chi connectivity index (χ0) is 23.8. The number of methoxy groups -OCH3 is 1. The number of aliphatic hydroxyl groups is 1. The summed E-state index contributed by atoms with van der Waals surface area (Å²) >= 11 is 0. The lowest BCUT2D eigenvalue weighted by Gasteiger charge is -2.21. The van der Waals surface area contributed by atoms with Gasteiger partial charge in [0.15, 0.2) is 11.5 Å². The van der Waals surface area contributed by atoms with Crippen LogP contribution in [0.4, 0.5) is 13.2 Å². The van der Waals surface area contributed by atoms with Gasteiger partial charge >= 0.3 is 6.18 Å². The van der Waals surface area contributed by atoms with Crippen LogP contribution in [-0.4, -0.2) is 40.2 Å². The third kappa shape index (κ3) is 4.51. The van der Waals surface area contributed by atoms with Gasteiger partial charge in [0.2, 0.25) is 5.89 Å². The number of hydrogen-bond acceptors (Lipinski definition) is 7. The average Bonchev–Trinajstić information content (AvgIpc) is 3.42. The highest BCUT2D eigenvalue weighted by atomic mass is 19.4. The Morgan fingerprint density at radius 1 is 1.24 bits per heavy atom. The van der Waals surface area contributed by atoms with Crippen LogP contribution in [0, 0.1) is 0 Å². The van der Waals surface area contributed by atoms with Crippen molar-refractivity contribution in [3.63, 3.8) is 0 Å². The van der Waals surface area contributed by atoms with E-state index in [0.29, 0.717) is 23.8 Å². The van der Waals surface area contributed by atoms with Crippen molar-refractivity contribution in [2.45, 2.75) is 44.0 Å². The lowest BCUT2D eigenvalue weighted by Crippen LogP contribution is -2.41. The van der Waals surface area contributed by atoms with Crippen molar-refractivity contribution in [2.24, 2.45) is 5.73 Å². The third-order valence-electron chi connectivity index (χ3n) is 5.77. The second-order valence-electron chi connectivity index (χ2n) is 8.01. The second kappa shape index (κ2) is 8.64. The van der Waals surface area contributed by atoms with Gasteiger partial charge in [0, 0.05) is 17.5 Å². The molecule has 33 heavy (non-hydrogen) atoms. The molecule has 2 heterocycles. The first-order valence-electron chi connectivity index (χ1n) is 10.4. The Hall–Kier alpha value is -3.18. The molecule has 0 spiro atoms. The molecule has 4 rings (SSSR count). The first-order chi connectivity index (χ1) is 15.6. The maximum Gasteiger partial charge on any atom is 0.433 e. The molecule has 0 bridgehead atoms. The van der Waals surface area contributed by atoms with Crippen LogP contribution < -0.4 is 15.8 Å². The van der Waals surface area contributed by atoms with E-state index in [1.165, 1.54) is 19.2 Å². The summed E-state index contributed by atoms with van der Waals surface area (Å²) in [6, 6.07) is 5.12. The number of aromatic nitrogens is 2. The molecule has 2 aromatic heterocycles. The number of alkyl halides is 3. The maximum atomic E-state index is 13.2. The predicted octanol–water partition coefficient (Wildman–Crippen LogP) is 3.41. The fourth-order valence-electron chi connectivity index (χ4n) is 4.02. The van der Waals surface area contributed by atoms with Crippen LogP contribution in [0.3, 0.4) is 0 Å². The number of rotatable bonds is 6. The van der Waals surface area contributed by atoms with Crippen LogP contribution in [-0.2, 0) is 12.7 Å². The number of carbonyl (C=O) groups excluding carboxylic acids is 1. The molecule has 1 saturated carbocycles. The second-order valence-corrected chi connectivity index (χ2v) is 8.01. The smallest absolute Gasteiger partial charge is 0.433 e. The molecule has 11 heteroatoms. The number of benzene rings is 1. The van der Waals surface area contributed by atoms with E-state index < -0.39 is 23.4 Å². The number of halogens is 3. The SMILES string of the molecule is COc1ccc(-c2nc(C(=O)NCC3(O)CCCC3)c(CN)o2)c2ccc(C(F)(F)F)nc12. The van der Waals surface area contributed by atoms with E-state index in [2.05, 4.69) is 15.3 Å². The number of pyridine rings is 1. The number of hydrogen-bond donors (Lipinski definition) is 3. The van der Waals surface area contributed by atoms with Crippen molar-refractivity contribution < 1.29 is 32.2 Å². The zero-order valence-corrected chi connectivity index (χ0v) is 17.8. The molecule has 176 valence electrons. The summed E-state index contributed by atoms with van der Waals surface area (Å²) in [6.45, 7) is -0.0434. The third-order valence-corrected chi connectivity index (χ3v) is 5.77. The first kappa shape index (κ1) is 23.0. The number of fused-ring (bicyclic) bond motifs is 1. The van der Waals surface area contributed by atoms with Gasteiger partial charge in [0.25, 0.3) is 5.91 Å². The average molecular weight is 464 g/mol. The largest absolute Gasteiger partial charge is 0.494 e. The molecule has 1 fully saturated rings. The quantitative estimate of drug-likeness (QED) is 0.511. The Labute approximate surface area is 187 Å². The summed E-state index contributed by atoms with van der Waals surface area (Å²) in [5.74, 6) is -0.284. The molecule has 1 aromatic carbocycles. The van der Waals surface area contributed by atoms with E-state index in [1.54, 1.807) is 6.07 Å². The maximum absolute atomic E-state index is 13.2. The van der Waals surface area contributed by atoms with E-state index in [1.807, 2.05) is 0 Å². The number of carbonyl (C=O) groups is 1. The van der Waals surface area contributed by atoms with Crippen LogP contribution in [0.5, 0.6) is 5.75 Å². The van der Waals surface area contributed by atoms with E-state index in [4.69, 9.17) is 14.9 Å². The Morgan fingerprint density at radius 3 is 2.61 bits per heavy atom. The van der Waals surface area contributed by atoms with Gasteiger partial charge < -0.3 is 25.3 Å². The molecule has 0 atom stereocenters. The number of nitrogens with one attached hydrogen (secondary N) is 1. The summed E-state index contributed by atoms with van der Waals surface area (Å²) in [5.41, 5.74) is 3.98. The van der Waals surface area contributed by atoms with Crippen LogP contribution in [0.1, 0.15) is 47.6 Å². The molecule has 0 radical (unpaired) electrons. The topological polar surface area (TPSA) is 124 Å². The number of nitrogens with two attached hydrogens (primary N) is 1. The fourth-order valence-corrected chi connectivity index (χ4v) is 4.02. The molecule has 1 aliphatic rings. The molecule has 0 saturated heterocycles. The van der Waals surface area contributed by atoms with Crippen molar-refractivity contribution in [1.82, 2.24) is 15.3 Å². The molecular formula is C22H23F3N4O4. The number of nitrogens with zero attached hydrogens (tertiary/aromatic N) is 2. The summed E-state index contributed by atoms with van der Waals surface area (Å²) in [6.07, 6.45) is -1.64. The molecule has 1 amide bonds. The highest BCUT2D eigenvalue weighted by Gasteiger charge is 2.34. The minimum Gasteiger partial charge on any atom is -0.494 e. The Kier molecular flexibility index (Phi) is 6.02. The van der Waals surface area contributed by atoms with E-state index in [9.17, 15) is 23.1 Å². The standard InChI is InChI=1S/C22H23F3N4O4/c1-32-14-6-4-13(12-5-7-16(22(23,24)25)28-17(12)14)20-29-18(15(10-26)33-20)19(30)27-11-21(31)8-2-3-9-21/h4-7,31H,2-3,8-11,26H2,1H3,(H,27,30). The summed E-state index contributed by atoms with van der Waals surface area (Å²) in [4.78, 5) is 20.7. The zero-order valence-electron chi connectivity index (χ0n) is 17.8. The van der Waals surface area contributed by atoms with Crippen molar-refractivity contribution in [3.05, 3.63) is 41.4 Å². The molecule has 1 aliphatic carbocycles. The number of amides is 1. The van der Waals surface area contributed by atoms with Gasteiger partial charge in [-0.1, -0.05) is 12.8 Å². The molecule has 4 N–H and O–H groups in total. The lowest BCUT2D eigenvalue weighted by atomic mass is 10.0. The molecule has 0 aliphatic heterocycles. The van der Waals surface area contributed by atoms with Gasteiger partial charge in [-0.15, -0.1) is 0 Å². The van der Waals surface area contributed by atoms with Gasteiger partial charge in [0.1, 0.15) is 17.0 Å². The predicted molar refractivity (Wildman–Crippen MR) is 112 cm³/mol. The van der Waals surface area contributed by atoms with Gasteiger partial charge in [-0.2, -0.15) is 13.2 Å². The fraction of sp³-hybridized carbons (Fsp3) is 0.409. The van der Waals surface area contributed by atoms with Crippen molar-refractivity contribution in [1.29, 1.82) is 0 Å². The molecular weight excluding hydrogens is 441 g/mol. The van der Waals surface area contributed by atoms with Gasteiger partial charge in [-0.25, -0.2) is 9.97 Å². The van der Waals surface area contributed by atoms with Crippen molar-refractivity contribution >= 4 is 16.8 Å². The summed E-state index contributed by atoms with van der Waals surface area (Å²) < 4.78 is 50.4. The van der Waals surface area contributed by atoms with Crippen molar-refractivity contribution in [2.75, 3.05) is 13.7 Å². The minimum atomic E-state index is -4.63. The Bertz CT molecular complexity index is 1190. The highest BCUT2D eigenvalue weighted by molar-refractivity contribution is 5.98. The van der Waals surface area contributed by atoms with Gasteiger partial charge in [-0.05, 0) is 37.1 Å². The monoisotopic (exact) mass is 464 g/mol. The number of oxazole rings is 1. The molecule has 8 nitrogen and oxygen atoms in total. The summed E-state index contributed by atoms with van der Waals surface area (Å²) in [5, 5.41) is 13.4. The van der Waals surface area contributed by atoms with Crippen LogP contribution in [0.25, 0.3) is 22.4 Å². The van der Waals surface area contributed by atoms with Crippen molar-refractivity contribution in [3.8, 4) is 17.2 Å². The van der Waals surface area contributed by atoms with E-state index >= 15 is 0 Å². The summed E-state index contributed by atoms with van der Waals surface area (Å²) in [7, 11) is 1.33. The lowest BCUT2D eigenvalue weighted by molar-refractivity contribution is -0.140. The first-order valence-corrected chi connectivity index (χ1v) is 10.4. The van der Waals surface area contributed by atoms with Crippen LogP contribution in [0.2, 0.25) is 0 Å². The van der Waals surface area contributed by atoms with E-state index in [-0.39, 0.29) is 41.7 Å². The van der Waals surface area contributed by atoms with Gasteiger partial charge in [-0.3, -0.25) is 4.79 Å².